The first-order chi connectivity index (χ1) is 18.9. The van der Waals surface area contributed by atoms with Gasteiger partial charge < -0.3 is 24.7 Å². The number of carbonyl (C=O) groups is 1. The van der Waals surface area contributed by atoms with E-state index in [0.29, 0.717) is 18.3 Å². The zero-order valence-electron chi connectivity index (χ0n) is 22.3. The van der Waals surface area contributed by atoms with Crippen LogP contribution in [0.4, 0.5) is 5.69 Å². The average Bonchev–Trinajstić information content (AvgIpc) is 3.55. The van der Waals surface area contributed by atoms with E-state index in [4.69, 9.17) is 21.4 Å². The van der Waals surface area contributed by atoms with Crippen molar-refractivity contribution < 1.29 is 13.9 Å². The molecular formula is C31H32N4O3S. The summed E-state index contributed by atoms with van der Waals surface area (Å²) in [5.41, 5.74) is 4.76. The third-order valence-corrected chi connectivity index (χ3v) is 7.17. The monoisotopic (exact) mass is 540 g/mol. The van der Waals surface area contributed by atoms with E-state index in [9.17, 15) is 4.79 Å². The van der Waals surface area contributed by atoms with E-state index in [1.807, 2.05) is 98.5 Å². The summed E-state index contributed by atoms with van der Waals surface area (Å²) in [6, 6.07) is 23.1. The quantitative estimate of drug-likeness (QED) is 0.239. The van der Waals surface area contributed by atoms with Gasteiger partial charge >= 0.3 is 0 Å². The smallest absolute Gasteiger partial charge is 0.226 e. The number of ether oxygens (including phenoxy) is 1. The number of hydrogen-bond donors (Lipinski definition) is 2. The van der Waals surface area contributed by atoms with E-state index in [-0.39, 0.29) is 24.4 Å². The van der Waals surface area contributed by atoms with Crippen molar-refractivity contribution in [1.29, 1.82) is 0 Å². The van der Waals surface area contributed by atoms with Crippen LogP contribution >= 0.6 is 12.2 Å². The second kappa shape index (κ2) is 11.7. The van der Waals surface area contributed by atoms with Crippen LogP contribution in [0.15, 0.2) is 83.4 Å². The average molecular weight is 541 g/mol. The van der Waals surface area contributed by atoms with Crippen LogP contribution in [0.2, 0.25) is 0 Å². The summed E-state index contributed by atoms with van der Waals surface area (Å²) in [4.78, 5) is 19.6. The second-order valence-corrected chi connectivity index (χ2v) is 9.98. The second-order valence-electron chi connectivity index (χ2n) is 9.60. The molecule has 7 nitrogen and oxygen atoms in total. The van der Waals surface area contributed by atoms with Crippen LogP contribution in [-0.2, 0) is 4.79 Å². The van der Waals surface area contributed by atoms with Crippen molar-refractivity contribution >= 4 is 28.9 Å². The maximum absolute atomic E-state index is 12.9. The SMILES string of the molecule is CCOc1ccc(-c2ccc([C@H]3[C@@H](c4ccccn4)NC(=S)N3CCC(=O)Nc3cc(C)ccc3C)o2)cc1. The van der Waals surface area contributed by atoms with Gasteiger partial charge in [-0.15, -0.1) is 0 Å². The highest BCUT2D eigenvalue weighted by molar-refractivity contribution is 7.80. The first-order valence-corrected chi connectivity index (χ1v) is 13.5. The Balaban J connectivity index is 1.38. The number of benzene rings is 2. The maximum Gasteiger partial charge on any atom is 0.226 e. The van der Waals surface area contributed by atoms with Gasteiger partial charge in [-0.25, -0.2) is 0 Å². The lowest BCUT2D eigenvalue weighted by Crippen LogP contribution is -2.32. The molecule has 0 aliphatic carbocycles. The Bertz CT molecular complexity index is 1450. The molecule has 2 atom stereocenters. The molecule has 1 amide bonds. The van der Waals surface area contributed by atoms with Crippen LogP contribution in [0.3, 0.4) is 0 Å². The van der Waals surface area contributed by atoms with Crippen LogP contribution in [0.1, 0.15) is 48.0 Å². The Hall–Kier alpha value is -4.17. The summed E-state index contributed by atoms with van der Waals surface area (Å²) in [6.07, 6.45) is 2.04. The van der Waals surface area contributed by atoms with E-state index < -0.39 is 0 Å². The molecule has 200 valence electrons. The first kappa shape index (κ1) is 26.4. The van der Waals surface area contributed by atoms with E-state index in [0.717, 1.165) is 45.3 Å². The van der Waals surface area contributed by atoms with Crippen molar-refractivity contribution in [2.45, 2.75) is 39.3 Å². The van der Waals surface area contributed by atoms with E-state index >= 15 is 0 Å². The molecule has 2 aromatic heterocycles. The van der Waals surface area contributed by atoms with Gasteiger partial charge in [0, 0.05) is 30.4 Å². The zero-order chi connectivity index (χ0) is 27.4. The molecule has 2 aromatic carbocycles. The molecular weight excluding hydrogens is 508 g/mol. The molecule has 2 N–H and O–H groups in total. The third-order valence-electron chi connectivity index (χ3n) is 6.81. The number of hydrogen-bond acceptors (Lipinski definition) is 5. The van der Waals surface area contributed by atoms with E-state index in [2.05, 4.69) is 15.6 Å². The van der Waals surface area contributed by atoms with Gasteiger partial charge in [0.25, 0.3) is 0 Å². The topological polar surface area (TPSA) is 79.6 Å². The van der Waals surface area contributed by atoms with Crippen molar-refractivity contribution in [3.63, 3.8) is 0 Å². The summed E-state index contributed by atoms with van der Waals surface area (Å²) in [6.45, 7) is 7.00. The Kier molecular flexibility index (Phi) is 7.93. The number of carbonyl (C=O) groups excluding carboxylic acids is 1. The molecule has 1 aliphatic rings. The van der Waals surface area contributed by atoms with Gasteiger partial charge in [-0.2, -0.15) is 0 Å². The van der Waals surface area contributed by atoms with Gasteiger partial charge in [0.2, 0.25) is 5.91 Å². The summed E-state index contributed by atoms with van der Waals surface area (Å²) in [7, 11) is 0. The van der Waals surface area contributed by atoms with Crippen molar-refractivity contribution in [2.75, 3.05) is 18.5 Å². The Morgan fingerprint density at radius 2 is 1.92 bits per heavy atom. The molecule has 8 heteroatoms. The molecule has 0 saturated carbocycles. The van der Waals surface area contributed by atoms with Crippen LogP contribution in [0, 0.1) is 13.8 Å². The summed E-state index contributed by atoms with van der Waals surface area (Å²) < 4.78 is 12.0. The lowest BCUT2D eigenvalue weighted by Gasteiger charge is -2.26. The minimum absolute atomic E-state index is 0.0685. The predicted octanol–water partition coefficient (Wildman–Crippen LogP) is 6.36. The number of aromatic nitrogens is 1. The molecule has 3 heterocycles. The van der Waals surface area contributed by atoms with Gasteiger partial charge in [0.05, 0.1) is 18.3 Å². The fourth-order valence-electron chi connectivity index (χ4n) is 4.81. The number of nitrogens with zero attached hydrogens (tertiary/aromatic N) is 2. The molecule has 1 saturated heterocycles. The summed E-state index contributed by atoms with van der Waals surface area (Å²) >= 11 is 5.75. The van der Waals surface area contributed by atoms with Crippen LogP contribution in [0.5, 0.6) is 5.75 Å². The number of aryl methyl sites for hydroxylation is 2. The van der Waals surface area contributed by atoms with E-state index in [1.54, 1.807) is 6.20 Å². The molecule has 5 rings (SSSR count). The zero-order valence-corrected chi connectivity index (χ0v) is 23.1. The molecule has 1 aliphatic heterocycles. The highest BCUT2D eigenvalue weighted by Crippen LogP contribution is 2.40. The molecule has 39 heavy (non-hydrogen) atoms. The Labute approximate surface area is 234 Å². The molecule has 1 fully saturated rings. The van der Waals surface area contributed by atoms with Crippen molar-refractivity contribution in [2.24, 2.45) is 0 Å². The predicted molar refractivity (Wildman–Crippen MR) is 157 cm³/mol. The number of rotatable bonds is 9. The normalized spacial score (nSPS) is 16.7. The van der Waals surface area contributed by atoms with Gasteiger partial charge in [-0.1, -0.05) is 18.2 Å². The standard InChI is InChI=1S/C31H32N4O3S/c1-4-37-23-12-10-22(11-13-23)26-14-15-27(38-26)30-29(24-7-5-6-17-32-24)34-31(39)35(30)18-16-28(36)33-25-19-20(2)8-9-21(25)3/h5-15,17,19,29-30H,4,16,18H2,1-3H3,(H,33,36)(H,34,39)/t29-,30+/m1/s1. The Morgan fingerprint density at radius 3 is 2.67 bits per heavy atom. The van der Waals surface area contributed by atoms with Gasteiger partial charge in [0.1, 0.15) is 23.3 Å². The highest BCUT2D eigenvalue weighted by atomic mass is 32.1. The molecule has 4 aromatic rings. The highest BCUT2D eigenvalue weighted by Gasteiger charge is 2.41. The largest absolute Gasteiger partial charge is 0.494 e. The fraction of sp³-hybridized carbons (Fsp3) is 0.258. The number of pyridine rings is 1. The molecule has 0 spiro atoms. The molecule has 0 bridgehead atoms. The number of furan rings is 1. The minimum Gasteiger partial charge on any atom is -0.494 e. The van der Waals surface area contributed by atoms with Crippen molar-refractivity contribution in [1.82, 2.24) is 15.2 Å². The molecule has 0 unspecified atom stereocenters. The lowest BCUT2D eigenvalue weighted by molar-refractivity contribution is -0.116. The summed E-state index contributed by atoms with van der Waals surface area (Å²) in [5.74, 6) is 2.25. The first-order valence-electron chi connectivity index (χ1n) is 13.1. The summed E-state index contributed by atoms with van der Waals surface area (Å²) in [5, 5.41) is 7.03. The fourth-order valence-corrected chi connectivity index (χ4v) is 5.14. The van der Waals surface area contributed by atoms with E-state index in [1.165, 1.54) is 0 Å². The van der Waals surface area contributed by atoms with Crippen LogP contribution in [0.25, 0.3) is 11.3 Å². The molecule has 0 radical (unpaired) electrons. The Morgan fingerprint density at radius 1 is 1.10 bits per heavy atom. The third kappa shape index (κ3) is 5.96. The number of amides is 1. The lowest BCUT2D eigenvalue weighted by atomic mass is 10.0. The van der Waals surface area contributed by atoms with Gasteiger partial charge in [-0.3, -0.25) is 9.78 Å². The van der Waals surface area contributed by atoms with Crippen molar-refractivity contribution in [3.8, 4) is 17.1 Å². The van der Waals surface area contributed by atoms with Gasteiger partial charge in [0.15, 0.2) is 5.11 Å². The number of thiocarbonyl (C=S) groups is 1. The van der Waals surface area contributed by atoms with Crippen LogP contribution in [-0.4, -0.2) is 34.1 Å². The number of anilines is 1. The number of nitrogens with one attached hydrogen (secondary N) is 2. The van der Waals surface area contributed by atoms with Gasteiger partial charge in [-0.05, 0) is 98.7 Å². The minimum atomic E-state index is -0.266. The maximum atomic E-state index is 12.9. The van der Waals surface area contributed by atoms with Crippen LogP contribution < -0.4 is 15.4 Å². The van der Waals surface area contributed by atoms with Crippen molar-refractivity contribution in [3.05, 3.63) is 102 Å².